The first-order valence-corrected chi connectivity index (χ1v) is 6.38. The molecule has 0 heterocycles. The molecule has 0 saturated heterocycles. The Morgan fingerprint density at radius 3 is 1.70 bits per heavy atom. The van der Waals surface area contributed by atoms with Crippen LogP contribution >= 0.6 is 22.6 Å². The summed E-state index contributed by atoms with van der Waals surface area (Å²) in [5, 5.41) is 0. The van der Waals surface area contributed by atoms with Gasteiger partial charge in [0.1, 0.15) is 6.61 Å². The Balaban J connectivity index is 2.28. The molecule has 0 spiro atoms. The highest BCUT2D eigenvalue weighted by Crippen LogP contribution is 2.29. The maximum Gasteiger partial charge on any atom is 0.207 e. The highest BCUT2D eigenvalue weighted by atomic mass is 127. The molecule has 7 heteroatoms. The third kappa shape index (κ3) is 2.87. The SMILES string of the molecule is Fc1c(F)c(F)c(OCc2ccc(I)cc2)c(F)c1F. The monoisotopic (exact) mass is 400 g/mol. The van der Waals surface area contributed by atoms with E-state index in [2.05, 4.69) is 22.6 Å². The predicted molar refractivity (Wildman–Crippen MR) is 69.7 cm³/mol. The fourth-order valence-corrected chi connectivity index (χ4v) is 1.81. The average molecular weight is 400 g/mol. The number of hydrogen-bond acceptors (Lipinski definition) is 1. The van der Waals surface area contributed by atoms with Crippen molar-refractivity contribution in [3.05, 3.63) is 62.5 Å². The van der Waals surface area contributed by atoms with Gasteiger partial charge in [0.05, 0.1) is 0 Å². The van der Waals surface area contributed by atoms with Crippen LogP contribution < -0.4 is 4.74 Å². The topological polar surface area (TPSA) is 9.23 Å². The minimum atomic E-state index is -2.21. The molecule has 0 aliphatic heterocycles. The van der Waals surface area contributed by atoms with Gasteiger partial charge in [-0.2, -0.15) is 8.78 Å². The van der Waals surface area contributed by atoms with Gasteiger partial charge in [-0.05, 0) is 40.3 Å². The van der Waals surface area contributed by atoms with Gasteiger partial charge in [0, 0.05) is 3.57 Å². The zero-order chi connectivity index (χ0) is 14.9. The van der Waals surface area contributed by atoms with E-state index < -0.39 is 34.8 Å². The lowest BCUT2D eigenvalue weighted by atomic mass is 10.2. The highest BCUT2D eigenvalue weighted by molar-refractivity contribution is 14.1. The van der Waals surface area contributed by atoms with Gasteiger partial charge in [-0.15, -0.1) is 0 Å². The van der Waals surface area contributed by atoms with Gasteiger partial charge in [0.25, 0.3) is 0 Å². The summed E-state index contributed by atoms with van der Waals surface area (Å²) < 4.78 is 71.0. The zero-order valence-electron chi connectivity index (χ0n) is 9.69. The van der Waals surface area contributed by atoms with Gasteiger partial charge in [-0.1, -0.05) is 12.1 Å². The van der Waals surface area contributed by atoms with E-state index in [9.17, 15) is 22.0 Å². The summed E-state index contributed by atoms with van der Waals surface area (Å²) in [7, 11) is 0. The molecule has 2 aromatic carbocycles. The van der Waals surface area contributed by atoms with E-state index in [0.29, 0.717) is 5.56 Å². The molecule has 0 unspecified atom stereocenters. The average Bonchev–Trinajstić information content (AvgIpc) is 2.45. The second-order valence-corrected chi connectivity index (χ2v) is 5.06. The van der Waals surface area contributed by atoms with Gasteiger partial charge in [-0.3, -0.25) is 0 Å². The Bertz CT molecular complexity index is 613. The van der Waals surface area contributed by atoms with Crippen LogP contribution in [0.15, 0.2) is 24.3 Å². The van der Waals surface area contributed by atoms with Crippen molar-refractivity contribution in [2.45, 2.75) is 6.61 Å². The fourth-order valence-electron chi connectivity index (χ4n) is 1.45. The van der Waals surface area contributed by atoms with Crippen LogP contribution in [0.4, 0.5) is 22.0 Å². The van der Waals surface area contributed by atoms with E-state index in [4.69, 9.17) is 4.74 Å². The van der Waals surface area contributed by atoms with Crippen LogP contribution in [0, 0.1) is 32.7 Å². The van der Waals surface area contributed by atoms with E-state index in [1.807, 2.05) is 0 Å². The number of halogens is 6. The maximum atomic E-state index is 13.3. The van der Waals surface area contributed by atoms with Crippen molar-refractivity contribution in [3.63, 3.8) is 0 Å². The largest absolute Gasteiger partial charge is 0.483 e. The Morgan fingerprint density at radius 2 is 1.20 bits per heavy atom. The third-order valence-corrected chi connectivity index (χ3v) is 3.19. The van der Waals surface area contributed by atoms with Crippen molar-refractivity contribution in [2.75, 3.05) is 0 Å². The summed E-state index contributed by atoms with van der Waals surface area (Å²) in [5.74, 6) is -11.5. The molecule has 0 bridgehead atoms. The fraction of sp³-hybridized carbons (Fsp3) is 0.0769. The number of ether oxygens (including phenoxy) is 1. The van der Waals surface area contributed by atoms with Crippen molar-refractivity contribution >= 4 is 22.6 Å². The van der Waals surface area contributed by atoms with Crippen LogP contribution in [-0.2, 0) is 6.61 Å². The summed E-state index contributed by atoms with van der Waals surface area (Å²) in [6.45, 7) is -0.310. The first-order chi connectivity index (χ1) is 9.41. The molecule has 0 aromatic heterocycles. The van der Waals surface area contributed by atoms with Crippen molar-refractivity contribution < 1.29 is 26.7 Å². The van der Waals surface area contributed by atoms with Gasteiger partial charge in [0.15, 0.2) is 5.75 Å². The molecule has 2 rings (SSSR count). The standard InChI is InChI=1S/C13H6F5IO/c14-8-9(15)11(17)13(12(18)10(8)16)20-5-6-1-3-7(19)4-2-6/h1-4H,5H2. The summed E-state index contributed by atoms with van der Waals surface area (Å²) in [4.78, 5) is 0. The molecular weight excluding hydrogens is 394 g/mol. The van der Waals surface area contributed by atoms with Crippen molar-refractivity contribution in [2.24, 2.45) is 0 Å². The molecule has 0 radical (unpaired) electrons. The molecule has 0 aliphatic carbocycles. The molecular formula is C13H6F5IO. The lowest BCUT2D eigenvalue weighted by molar-refractivity contribution is 0.253. The Hall–Kier alpha value is -1.38. The molecule has 0 aliphatic rings. The van der Waals surface area contributed by atoms with Crippen molar-refractivity contribution in [1.82, 2.24) is 0 Å². The molecule has 1 nitrogen and oxygen atoms in total. The first kappa shape index (κ1) is 15.0. The van der Waals surface area contributed by atoms with Crippen LogP contribution in [0.5, 0.6) is 5.75 Å². The molecule has 0 amide bonds. The van der Waals surface area contributed by atoms with Crippen LogP contribution in [0.25, 0.3) is 0 Å². The molecule has 0 saturated carbocycles. The number of hydrogen-bond donors (Lipinski definition) is 0. The molecule has 2 aromatic rings. The van der Waals surface area contributed by atoms with E-state index >= 15 is 0 Å². The maximum absolute atomic E-state index is 13.3. The van der Waals surface area contributed by atoms with E-state index in [0.717, 1.165) is 3.57 Å². The minimum Gasteiger partial charge on any atom is -0.483 e. The van der Waals surface area contributed by atoms with Gasteiger partial charge in [0.2, 0.25) is 29.1 Å². The first-order valence-electron chi connectivity index (χ1n) is 5.30. The van der Waals surface area contributed by atoms with Crippen molar-refractivity contribution in [1.29, 1.82) is 0 Å². The lowest BCUT2D eigenvalue weighted by Gasteiger charge is -2.10. The number of benzene rings is 2. The minimum absolute atomic E-state index is 0.310. The van der Waals surface area contributed by atoms with Crippen molar-refractivity contribution in [3.8, 4) is 5.75 Å². The quantitative estimate of drug-likeness (QED) is 0.318. The van der Waals surface area contributed by atoms with E-state index in [-0.39, 0.29) is 6.61 Å². The zero-order valence-corrected chi connectivity index (χ0v) is 11.9. The van der Waals surface area contributed by atoms with E-state index in [1.165, 1.54) is 0 Å². The Kier molecular flexibility index (Phi) is 4.46. The molecule has 20 heavy (non-hydrogen) atoms. The highest BCUT2D eigenvalue weighted by Gasteiger charge is 2.26. The normalized spacial score (nSPS) is 10.7. The summed E-state index contributed by atoms with van der Waals surface area (Å²) in [6.07, 6.45) is 0. The van der Waals surface area contributed by atoms with Crippen LogP contribution in [-0.4, -0.2) is 0 Å². The molecule has 0 fully saturated rings. The molecule has 106 valence electrons. The molecule has 0 atom stereocenters. The number of rotatable bonds is 3. The van der Waals surface area contributed by atoms with Gasteiger partial charge in [-0.25, -0.2) is 13.2 Å². The van der Waals surface area contributed by atoms with Crippen LogP contribution in [0.2, 0.25) is 0 Å². The van der Waals surface area contributed by atoms with E-state index in [1.54, 1.807) is 24.3 Å². The van der Waals surface area contributed by atoms with Gasteiger partial charge < -0.3 is 4.74 Å². The summed E-state index contributed by atoms with van der Waals surface area (Å²) in [6, 6.07) is 6.68. The second-order valence-electron chi connectivity index (χ2n) is 3.81. The smallest absolute Gasteiger partial charge is 0.207 e. The van der Waals surface area contributed by atoms with Crippen LogP contribution in [0.3, 0.4) is 0 Å². The third-order valence-electron chi connectivity index (χ3n) is 2.47. The molecule has 0 N–H and O–H groups in total. The van der Waals surface area contributed by atoms with Crippen LogP contribution in [0.1, 0.15) is 5.56 Å². The Labute approximate surface area is 124 Å². The predicted octanol–water partition coefficient (Wildman–Crippen LogP) is 4.57. The lowest BCUT2D eigenvalue weighted by Crippen LogP contribution is -2.07. The summed E-state index contributed by atoms with van der Waals surface area (Å²) >= 11 is 2.06. The van der Waals surface area contributed by atoms with Gasteiger partial charge >= 0.3 is 0 Å². The summed E-state index contributed by atoms with van der Waals surface area (Å²) in [5.41, 5.74) is 0.536. The Morgan fingerprint density at radius 1 is 0.750 bits per heavy atom. The second kappa shape index (κ2) is 5.94.